The van der Waals surface area contributed by atoms with E-state index in [2.05, 4.69) is 68.6 Å². The van der Waals surface area contributed by atoms with Crippen molar-refractivity contribution >= 4 is 17.6 Å². The molecule has 0 unspecified atom stereocenters. The fraction of sp³-hybridized carbons (Fsp3) is 0.610. The van der Waals surface area contributed by atoms with Crippen LogP contribution < -0.4 is 15.0 Å². The number of hydrogen-bond acceptors (Lipinski definition) is 6. The average Bonchev–Trinajstić information content (AvgIpc) is 3.65. The van der Waals surface area contributed by atoms with Crippen molar-refractivity contribution in [1.82, 2.24) is 20.1 Å². The number of nitrogens with zero attached hydrogens (tertiary/aromatic N) is 4. The number of pyridine rings is 1. The molecule has 50 heavy (non-hydrogen) atoms. The number of unbranched alkanes of at least 4 members (excludes halogenated alkanes) is 1. The van der Waals surface area contributed by atoms with Crippen molar-refractivity contribution in [1.29, 1.82) is 0 Å². The fourth-order valence-corrected chi connectivity index (χ4v) is 8.65. The molecule has 4 aliphatic carbocycles. The van der Waals surface area contributed by atoms with E-state index in [-0.39, 0.29) is 47.3 Å². The summed E-state index contributed by atoms with van der Waals surface area (Å²) >= 11 is 0. The van der Waals surface area contributed by atoms with E-state index in [9.17, 15) is 9.59 Å². The third-order valence-corrected chi connectivity index (χ3v) is 12.0. The number of aromatic nitrogens is 3. The van der Waals surface area contributed by atoms with Crippen LogP contribution >= 0.6 is 0 Å². The number of methoxy groups -OCH3 is 1. The number of aryl methyl sites for hydroxylation is 1. The quantitative estimate of drug-likeness (QED) is 0.173. The lowest BCUT2D eigenvalue weighted by Gasteiger charge is -2.55. The SMILES string of the molecule is CCCCOCC(=O)NC1CCC(C(=O)N(CC23CCC(c4ccc(OC)c(C)c4)(CC2)CC3)c2cc(-c3cnn(C(C)C)c3)ccn2)CC1. The van der Waals surface area contributed by atoms with E-state index in [0.717, 1.165) is 99.7 Å². The molecule has 0 aliphatic heterocycles. The van der Waals surface area contributed by atoms with Crippen LogP contribution in [0.3, 0.4) is 0 Å². The van der Waals surface area contributed by atoms with Crippen molar-refractivity contribution in [2.24, 2.45) is 11.3 Å². The van der Waals surface area contributed by atoms with E-state index in [1.165, 1.54) is 11.1 Å². The summed E-state index contributed by atoms with van der Waals surface area (Å²) in [5.74, 6) is 1.69. The molecule has 0 spiro atoms. The van der Waals surface area contributed by atoms with Crippen molar-refractivity contribution in [3.05, 3.63) is 60.0 Å². The lowest BCUT2D eigenvalue weighted by molar-refractivity contribution is -0.127. The molecule has 2 bridgehead atoms. The zero-order valence-corrected chi connectivity index (χ0v) is 30.9. The molecule has 270 valence electrons. The van der Waals surface area contributed by atoms with Gasteiger partial charge in [-0.3, -0.25) is 19.2 Å². The van der Waals surface area contributed by atoms with Crippen molar-refractivity contribution in [3.63, 3.8) is 0 Å². The Hall–Kier alpha value is -3.72. The number of benzene rings is 1. The van der Waals surface area contributed by atoms with Crippen LogP contribution in [0.5, 0.6) is 5.75 Å². The van der Waals surface area contributed by atoms with Crippen molar-refractivity contribution in [3.8, 4) is 16.9 Å². The number of carbonyl (C=O) groups excluding carboxylic acids is 2. The molecule has 4 fully saturated rings. The Bertz CT molecular complexity index is 1600. The van der Waals surface area contributed by atoms with E-state index in [4.69, 9.17) is 14.5 Å². The first-order chi connectivity index (χ1) is 24.1. The summed E-state index contributed by atoms with van der Waals surface area (Å²) in [6.45, 7) is 9.89. The van der Waals surface area contributed by atoms with Crippen molar-refractivity contribution < 1.29 is 19.1 Å². The van der Waals surface area contributed by atoms with Gasteiger partial charge in [0.25, 0.3) is 0 Å². The van der Waals surface area contributed by atoms with Crippen LogP contribution in [0.2, 0.25) is 0 Å². The fourth-order valence-electron chi connectivity index (χ4n) is 8.65. The number of rotatable bonds is 14. The zero-order chi connectivity index (χ0) is 35.3. The summed E-state index contributed by atoms with van der Waals surface area (Å²) in [5.41, 5.74) is 4.94. The molecule has 0 atom stereocenters. The highest BCUT2D eigenvalue weighted by molar-refractivity contribution is 5.95. The Balaban J connectivity index is 1.18. The number of nitrogens with one attached hydrogen (secondary N) is 1. The molecule has 1 aromatic carbocycles. The summed E-state index contributed by atoms with van der Waals surface area (Å²) in [6, 6.07) is 11.2. The molecule has 2 amide bonds. The Kier molecular flexibility index (Phi) is 11.3. The minimum atomic E-state index is -0.0944. The van der Waals surface area contributed by atoms with Gasteiger partial charge in [0.05, 0.1) is 13.3 Å². The predicted octanol–water partition coefficient (Wildman–Crippen LogP) is 7.96. The number of ether oxygens (including phenoxy) is 2. The van der Waals surface area contributed by atoms with Gasteiger partial charge in [-0.25, -0.2) is 4.98 Å². The standard InChI is InChI=1S/C41H57N5O4/c1-6-7-22-50-27-38(47)44-35-11-8-31(9-12-35)39(48)45(37-24-32(14-21-42-37)33-25-43-46(26-33)29(2)3)28-40-15-18-41(19-16-40,20-17-40)34-10-13-36(49-5)30(4)23-34/h10,13-14,21,23-26,29,31,35H,6-9,11-12,15-20,22,27-28H2,1-5H3,(H,44,47). The lowest BCUT2D eigenvalue weighted by atomic mass is 9.51. The third kappa shape index (κ3) is 7.93. The molecule has 0 radical (unpaired) electrons. The second-order valence-corrected chi connectivity index (χ2v) is 15.6. The van der Waals surface area contributed by atoms with Gasteiger partial charge in [-0.2, -0.15) is 5.10 Å². The summed E-state index contributed by atoms with van der Waals surface area (Å²) in [6.07, 6.45) is 17.6. The van der Waals surface area contributed by atoms with E-state index < -0.39 is 0 Å². The molecule has 3 aromatic rings. The van der Waals surface area contributed by atoms with Crippen LogP contribution in [0.4, 0.5) is 5.82 Å². The van der Waals surface area contributed by atoms with Gasteiger partial charge >= 0.3 is 0 Å². The molecular formula is C41H57N5O4. The maximum Gasteiger partial charge on any atom is 0.246 e. The van der Waals surface area contributed by atoms with Crippen LogP contribution in [0.15, 0.2) is 48.9 Å². The first kappa shape index (κ1) is 36.1. The van der Waals surface area contributed by atoms with Gasteiger partial charge in [0.1, 0.15) is 18.2 Å². The largest absolute Gasteiger partial charge is 0.496 e. The predicted molar refractivity (Wildman–Crippen MR) is 197 cm³/mol. The number of fused-ring (bicyclic) bond motifs is 3. The van der Waals surface area contributed by atoms with Crippen LogP contribution in [0.25, 0.3) is 11.1 Å². The maximum atomic E-state index is 14.6. The molecule has 2 heterocycles. The summed E-state index contributed by atoms with van der Waals surface area (Å²) in [5, 5.41) is 7.72. The number of carbonyl (C=O) groups is 2. The average molecular weight is 684 g/mol. The Morgan fingerprint density at radius 2 is 1.76 bits per heavy atom. The van der Waals surface area contributed by atoms with Crippen molar-refractivity contribution in [2.45, 2.75) is 122 Å². The number of anilines is 1. The highest BCUT2D eigenvalue weighted by atomic mass is 16.5. The maximum absolute atomic E-state index is 14.6. The smallest absolute Gasteiger partial charge is 0.246 e. The second-order valence-electron chi connectivity index (χ2n) is 15.6. The Labute approximate surface area is 298 Å². The van der Waals surface area contributed by atoms with Gasteiger partial charge < -0.3 is 14.8 Å². The topological polar surface area (TPSA) is 98.6 Å². The van der Waals surface area contributed by atoms with Gasteiger partial charge in [-0.05, 0) is 137 Å². The van der Waals surface area contributed by atoms with Gasteiger partial charge in [-0.1, -0.05) is 25.5 Å². The second kappa shape index (κ2) is 15.7. The molecule has 7 rings (SSSR count). The molecule has 0 saturated heterocycles. The van der Waals surface area contributed by atoms with Gasteiger partial charge in [0.15, 0.2) is 0 Å². The molecule has 4 saturated carbocycles. The van der Waals surface area contributed by atoms with Crippen LogP contribution in [0, 0.1) is 18.3 Å². The van der Waals surface area contributed by atoms with Gasteiger partial charge in [0, 0.05) is 49.1 Å². The van der Waals surface area contributed by atoms with Gasteiger partial charge in [-0.15, -0.1) is 0 Å². The highest BCUT2D eigenvalue weighted by Crippen LogP contribution is 2.58. The summed E-state index contributed by atoms with van der Waals surface area (Å²) < 4.78 is 13.0. The Morgan fingerprint density at radius 3 is 2.40 bits per heavy atom. The van der Waals surface area contributed by atoms with Crippen LogP contribution in [-0.4, -0.2) is 59.5 Å². The van der Waals surface area contributed by atoms with E-state index in [0.29, 0.717) is 13.2 Å². The normalized spacial score (nSPS) is 24.7. The minimum Gasteiger partial charge on any atom is -0.496 e. The van der Waals surface area contributed by atoms with Crippen LogP contribution in [-0.2, 0) is 19.7 Å². The van der Waals surface area contributed by atoms with E-state index in [1.807, 2.05) is 28.0 Å². The van der Waals surface area contributed by atoms with Crippen molar-refractivity contribution in [2.75, 3.05) is 31.8 Å². The Morgan fingerprint density at radius 1 is 1.02 bits per heavy atom. The molecule has 2 aromatic heterocycles. The highest BCUT2D eigenvalue weighted by Gasteiger charge is 2.51. The number of amides is 2. The van der Waals surface area contributed by atoms with E-state index in [1.54, 1.807) is 7.11 Å². The summed E-state index contributed by atoms with van der Waals surface area (Å²) in [4.78, 5) is 34.0. The zero-order valence-electron chi connectivity index (χ0n) is 30.9. The minimum absolute atomic E-state index is 0.0612. The van der Waals surface area contributed by atoms with Crippen LogP contribution in [0.1, 0.15) is 115 Å². The molecule has 9 nitrogen and oxygen atoms in total. The molecule has 4 aliphatic rings. The molecule has 9 heteroatoms. The first-order valence-electron chi connectivity index (χ1n) is 19.0. The van der Waals surface area contributed by atoms with Gasteiger partial charge in [0.2, 0.25) is 11.8 Å². The monoisotopic (exact) mass is 683 g/mol. The number of hydrogen-bond donors (Lipinski definition) is 1. The third-order valence-electron chi connectivity index (χ3n) is 12.0. The molecule has 1 N–H and O–H groups in total. The van der Waals surface area contributed by atoms with E-state index >= 15 is 0 Å². The lowest BCUT2D eigenvalue weighted by Crippen LogP contribution is -2.52. The summed E-state index contributed by atoms with van der Waals surface area (Å²) in [7, 11) is 1.74. The first-order valence-corrected chi connectivity index (χ1v) is 19.0. The molecular weight excluding hydrogens is 626 g/mol.